The van der Waals surface area contributed by atoms with Gasteiger partial charge in [0.05, 0.1) is 16.6 Å². The van der Waals surface area contributed by atoms with Crippen LogP contribution in [0.3, 0.4) is 0 Å². The first-order valence-corrected chi connectivity index (χ1v) is 5.67. The second-order valence-electron chi connectivity index (χ2n) is 3.98. The monoisotopic (exact) mass is 254 g/mol. The summed E-state index contributed by atoms with van der Waals surface area (Å²) in [5, 5.41) is 2.67. The van der Waals surface area contributed by atoms with E-state index < -0.39 is 0 Å². The van der Waals surface area contributed by atoms with E-state index >= 15 is 0 Å². The number of nitrogens with one attached hydrogen (secondary N) is 3. The van der Waals surface area contributed by atoms with Crippen LogP contribution < -0.4 is 11.0 Å². The Labute approximate surface area is 107 Å². The van der Waals surface area contributed by atoms with Gasteiger partial charge >= 0.3 is 5.69 Å². The SMILES string of the molecule is O=C(Nc1ccccn1)c1cccc2[nH]c(=O)[nH]c12. The van der Waals surface area contributed by atoms with Crippen LogP contribution >= 0.6 is 0 Å². The number of benzene rings is 1. The van der Waals surface area contributed by atoms with Gasteiger partial charge in [0.2, 0.25) is 0 Å². The quantitative estimate of drug-likeness (QED) is 0.647. The number of hydrogen-bond acceptors (Lipinski definition) is 3. The molecule has 0 saturated heterocycles. The van der Waals surface area contributed by atoms with Crippen LogP contribution in [0, 0.1) is 0 Å². The number of fused-ring (bicyclic) bond motifs is 1. The molecule has 0 aliphatic heterocycles. The number of rotatable bonds is 2. The Kier molecular flexibility index (Phi) is 2.60. The van der Waals surface area contributed by atoms with Crippen LogP contribution in [0.4, 0.5) is 5.82 Å². The topological polar surface area (TPSA) is 90.6 Å². The van der Waals surface area contributed by atoms with Crippen LogP contribution in [0.15, 0.2) is 47.4 Å². The highest BCUT2D eigenvalue weighted by molar-refractivity contribution is 6.11. The lowest BCUT2D eigenvalue weighted by Crippen LogP contribution is -2.13. The minimum atomic E-state index is -0.340. The molecular formula is C13H10N4O2. The van der Waals surface area contributed by atoms with Gasteiger partial charge in [0.15, 0.2) is 0 Å². The van der Waals surface area contributed by atoms with Crippen molar-refractivity contribution >= 4 is 22.8 Å². The first kappa shape index (κ1) is 11.2. The van der Waals surface area contributed by atoms with Crippen molar-refractivity contribution in [1.82, 2.24) is 15.0 Å². The van der Waals surface area contributed by atoms with Gasteiger partial charge in [-0.3, -0.25) is 4.79 Å². The van der Waals surface area contributed by atoms with Crippen LogP contribution in [-0.4, -0.2) is 20.9 Å². The summed E-state index contributed by atoms with van der Waals surface area (Å²) in [7, 11) is 0. The van der Waals surface area contributed by atoms with Gasteiger partial charge in [-0.15, -0.1) is 0 Å². The molecule has 0 radical (unpaired) electrons. The van der Waals surface area contributed by atoms with Crippen molar-refractivity contribution < 1.29 is 4.79 Å². The van der Waals surface area contributed by atoms with Crippen molar-refractivity contribution in [3.8, 4) is 0 Å². The molecule has 0 aliphatic rings. The van der Waals surface area contributed by atoms with E-state index in [9.17, 15) is 9.59 Å². The number of pyridine rings is 1. The fourth-order valence-electron chi connectivity index (χ4n) is 1.87. The third kappa shape index (κ3) is 2.11. The Morgan fingerprint density at radius 2 is 2.00 bits per heavy atom. The molecule has 0 spiro atoms. The predicted molar refractivity (Wildman–Crippen MR) is 71.1 cm³/mol. The van der Waals surface area contributed by atoms with Crippen molar-refractivity contribution in [2.45, 2.75) is 0 Å². The summed E-state index contributed by atoms with van der Waals surface area (Å²) < 4.78 is 0. The molecular weight excluding hydrogens is 244 g/mol. The summed E-state index contributed by atoms with van der Waals surface area (Å²) in [6, 6.07) is 10.3. The molecule has 0 unspecified atom stereocenters. The lowest BCUT2D eigenvalue weighted by atomic mass is 10.1. The summed E-state index contributed by atoms with van der Waals surface area (Å²) in [6.07, 6.45) is 1.59. The molecule has 1 amide bonds. The highest BCUT2D eigenvalue weighted by Crippen LogP contribution is 2.14. The number of amides is 1. The largest absolute Gasteiger partial charge is 0.323 e. The normalized spacial score (nSPS) is 10.5. The van der Waals surface area contributed by atoms with E-state index in [4.69, 9.17) is 0 Å². The number of anilines is 1. The number of H-pyrrole nitrogens is 2. The average Bonchev–Trinajstić information content (AvgIpc) is 2.79. The maximum absolute atomic E-state index is 12.2. The Morgan fingerprint density at radius 1 is 1.11 bits per heavy atom. The number of carbonyl (C=O) groups is 1. The maximum atomic E-state index is 12.2. The van der Waals surface area contributed by atoms with Crippen LogP contribution in [-0.2, 0) is 0 Å². The summed E-state index contributed by atoms with van der Waals surface area (Å²) in [5.74, 6) is 0.141. The molecule has 1 aromatic carbocycles. The number of imidazole rings is 1. The highest BCUT2D eigenvalue weighted by Gasteiger charge is 2.12. The number of carbonyl (C=O) groups excluding carboxylic acids is 1. The summed E-state index contributed by atoms with van der Waals surface area (Å²) >= 11 is 0. The molecule has 3 rings (SSSR count). The van der Waals surface area contributed by atoms with Gasteiger partial charge in [0.1, 0.15) is 5.82 Å². The predicted octanol–water partition coefficient (Wildman–Crippen LogP) is 1.50. The molecule has 6 heteroatoms. The molecule has 0 bridgehead atoms. The third-order valence-electron chi connectivity index (χ3n) is 2.70. The molecule has 2 heterocycles. The van der Waals surface area contributed by atoms with Gasteiger partial charge in [-0.05, 0) is 24.3 Å². The molecule has 0 fully saturated rings. The molecule has 6 nitrogen and oxygen atoms in total. The van der Waals surface area contributed by atoms with Gasteiger partial charge in [0.25, 0.3) is 5.91 Å². The van der Waals surface area contributed by atoms with Crippen molar-refractivity contribution in [3.05, 3.63) is 58.6 Å². The molecule has 0 saturated carbocycles. The van der Waals surface area contributed by atoms with Crippen LogP contribution in [0.25, 0.3) is 11.0 Å². The Morgan fingerprint density at radius 3 is 2.79 bits per heavy atom. The number of aromatic nitrogens is 3. The zero-order chi connectivity index (χ0) is 13.2. The second-order valence-corrected chi connectivity index (χ2v) is 3.98. The van der Waals surface area contributed by atoms with E-state index in [0.29, 0.717) is 22.4 Å². The van der Waals surface area contributed by atoms with E-state index in [2.05, 4.69) is 20.3 Å². The molecule has 3 N–H and O–H groups in total. The second kappa shape index (κ2) is 4.41. The lowest BCUT2D eigenvalue weighted by molar-refractivity contribution is 0.102. The number of nitrogens with zero attached hydrogens (tertiary/aromatic N) is 1. The molecule has 0 atom stereocenters. The number of para-hydroxylation sites is 1. The molecule has 0 aliphatic carbocycles. The summed E-state index contributed by atoms with van der Waals surface area (Å²) in [6.45, 7) is 0. The Balaban J connectivity index is 2.00. The third-order valence-corrected chi connectivity index (χ3v) is 2.70. The van der Waals surface area contributed by atoms with E-state index in [1.54, 1.807) is 42.6 Å². The van der Waals surface area contributed by atoms with E-state index in [0.717, 1.165) is 0 Å². The van der Waals surface area contributed by atoms with E-state index in [1.165, 1.54) is 0 Å². The zero-order valence-electron chi connectivity index (χ0n) is 9.81. The smallest absolute Gasteiger partial charge is 0.306 e. The number of aromatic amines is 2. The summed E-state index contributed by atoms with van der Waals surface area (Å²) in [5.41, 5.74) is 1.13. The molecule has 3 aromatic rings. The van der Waals surface area contributed by atoms with Crippen LogP contribution in [0.2, 0.25) is 0 Å². The standard InChI is InChI=1S/C13H10N4O2/c18-12(16-10-6-1-2-7-14-10)8-4-3-5-9-11(8)17-13(19)15-9/h1-7H,(H,14,16,18)(H2,15,17,19). The average molecular weight is 254 g/mol. The minimum Gasteiger partial charge on any atom is -0.306 e. The molecule has 94 valence electrons. The Bertz CT molecular complexity index is 789. The first-order chi connectivity index (χ1) is 9.24. The van der Waals surface area contributed by atoms with Crippen LogP contribution in [0.1, 0.15) is 10.4 Å². The number of hydrogen-bond donors (Lipinski definition) is 3. The fourth-order valence-corrected chi connectivity index (χ4v) is 1.87. The van der Waals surface area contributed by atoms with Crippen molar-refractivity contribution in [2.75, 3.05) is 5.32 Å². The Hall–Kier alpha value is -2.89. The minimum absolute atomic E-state index is 0.320. The molecule has 19 heavy (non-hydrogen) atoms. The lowest BCUT2D eigenvalue weighted by Gasteiger charge is -2.04. The first-order valence-electron chi connectivity index (χ1n) is 5.67. The van der Waals surface area contributed by atoms with Gasteiger partial charge in [-0.25, -0.2) is 9.78 Å². The summed E-state index contributed by atoms with van der Waals surface area (Å²) in [4.78, 5) is 32.6. The molecule has 2 aromatic heterocycles. The van der Waals surface area contributed by atoms with Gasteiger partial charge in [-0.2, -0.15) is 0 Å². The maximum Gasteiger partial charge on any atom is 0.323 e. The van der Waals surface area contributed by atoms with E-state index in [1.807, 2.05) is 0 Å². The van der Waals surface area contributed by atoms with Crippen molar-refractivity contribution in [3.63, 3.8) is 0 Å². The van der Waals surface area contributed by atoms with Crippen LogP contribution in [0.5, 0.6) is 0 Å². The van der Waals surface area contributed by atoms with Gasteiger partial charge in [0, 0.05) is 6.20 Å². The fraction of sp³-hybridized carbons (Fsp3) is 0. The van der Waals surface area contributed by atoms with Crippen molar-refractivity contribution in [2.24, 2.45) is 0 Å². The van der Waals surface area contributed by atoms with E-state index in [-0.39, 0.29) is 11.6 Å². The highest BCUT2D eigenvalue weighted by atomic mass is 16.2. The van der Waals surface area contributed by atoms with Gasteiger partial charge < -0.3 is 15.3 Å². The van der Waals surface area contributed by atoms with Gasteiger partial charge in [-0.1, -0.05) is 12.1 Å². The zero-order valence-corrected chi connectivity index (χ0v) is 9.81. The van der Waals surface area contributed by atoms with Crippen molar-refractivity contribution in [1.29, 1.82) is 0 Å².